The first-order valence-corrected chi connectivity index (χ1v) is 18.9. The normalized spacial score (nSPS) is 15.9. The summed E-state index contributed by atoms with van der Waals surface area (Å²) < 4.78 is 13.3. The van der Waals surface area contributed by atoms with E-state index in [0.29, 0.717) is 0 Å². The Morgan fingerprint density at radius 1 is 0.648 bits per heavy atom. The molecule has 0 unspecified atom stereocenters. The smallest absolute Gasteiger partial charge is 0.269 e. The number of imidazole rings is 1. The lowest BCUT2D eigenvalue weighted by molar-refractivity contribution is -0.573. The quantitative estimate of drug-likeness (QED) is 0.132. The van der Waals surface area contributed by atoms with E-state index in [4.69, 9.17) is 14.7 Å². The topological polar surface area (TPSA) is 48.8 Å². The summed E-state index contributed by atoms with van der Waals surface area (Å²) in [6, 6.07) is 38.1. The van der Waals surface area contributed by atoms with E-state index in [1.54, 1.807) is 0 Å². The Morgan fingerprint density at radius 2 is 1.35 bits per heavy atom. The summed E-state index contributed by atoms with van der Waals surface area (Å²) in [5, 5.41) is 2.34. The first-order chi connectivity index (χ1) is 25.7. The summed E-state index contributed by atoms with van der Waals surface area (Å²) in [5.41, 5.74) is 9.85. The molecule has 0 aliphatic heterocycles. The molecule has 4 heterocycles. The van der Waals surface area contributed by atoms with Gasteiger partial charge in [0.05, 0.1) is 33.4 Å². The lowest BCUT2D eigenvalue weighted by Crippen LogP contribution is -2.43. The molecule has 9 rings (SSSR count). The summed E-state index contributed by atoms with van der Waals surface area (Å²) in [4.78, 5) is 9.85. The Kier molecular flexibility index (Phi) is 7.33. The van der Waals surface area contributed by atoms with E-state index in [1.807, 2.05) is 24.5 Å². The number of fused-ring (bicyclic) bond motifs is 5. The van der Waals surface area contributed by atoms with Gasteiger partial charge in [-0.1, -0.05) is 111 Å². The highest BCUT2D eigenvalue weighted by atomic mass is 16.5. The second-order valence-electron chi connectivity index (χ2n) is 17.5. The molecule has 8 aromatic rings. The fourth-order valence-electron chi connectivity index (χ4n) is 8.64. The fraction of sp³-hybridized carbons (Fsp3) is 0.271. The minimum atomic E-state index is -0.120. The van der Waals surface area contributed by atoms with Gasteiger partial charge in [0, 0.05) is 40.3 Å². The maximum absolute atomic E-state index is 6.67. The van der Waals surface area contributed by atoms with Crippen LogP contribution in [0.25, 0.3) is 50.0 Å². The van der Waals surface area contributed by atoms with Gasteiger partial charge >= 0.3 is 0 Å². The first kappa shape index (κ1) is 34.0. The number of ether oxygens (including phenoxy) is 1. The SMILES string of the molecule is CC(C)(C)c1ccnc(-n2c3ccccc3c3ccc(Oc4cccc(-n5[c-][n+](-c6ccnc7c6C(C)(C)C(C)(C)C7(C)C)c6ccccc65)c4)cc32)c1. The molecule has 0 fully saturated rings. The van der Waals surface area contributed by atoms with Crippen LogP contribution in [0.3, 0.4) is 0 Å². The number of hydrogen-bond acceptors (Lipinski definition) is 3. The number of hydrogen-bond donors (Lipinski definition) is 0. The van der Waals surface area contributed by atoms with E-state index >= 15 is 0 Å². The van der Waals surface area contributed by atoms with Crippen molar-refractivity contribution in [1.82, 2.24) is 19.1 Å². The summed E-state index contributed by atoms with van der Waals surface area (Å²) >= 11 is 0. The molecule has 0 bridgehead atoms. The number of benzene rings is 4. The van der Waals surface area contributed by atoms with Gasteiger partial charge in [-0.15, -0.1) is 0 Å². The van der Waals surface area contributed by atoms with E-state index in [2.05, 4.69) is 179 Å². The van der Waals surface area contributed by atoms with Crippen molar-refractivity contribution >= 4 is 32.8 Å². The minimum Gasteiger partial charge on any atom is -0.458 e. The van der Waals surface area contributed by atoms with E-state index < -0.39 is 0 Å². The molecule has 54 heavy (non-hydrogen) atoms. The van der Waals surface area contributed by atoms with Crippen molar-refractivity contribution in [2.45, 2.75) is 78.6 Å². The molecule has 1 aliphatic carbocycles. The van der Waals surface area contributed by atoms with Crippen LogP contribution in [0.15, 0.2) is 122 Å². The summed E-state index contributed by atoms with van der Waals surface area (Å²) in [7, 11) is 0. The van der Waals surface area contributed by atoms with Crippen molar-refractivity contribution in [1.29, 1.82) is 0 Å². The monoisotopic (exact) mass is 709 g/mol. The average Bonchev–Trinajstić information content (AvgIpc) is 3.73. The van der Waals surface area contributed by atoms with Gasteiger partial charge in [0.15, 0.2) is 0 Å². The lowest BCUT2D eigenvalue weighted by Gasteiger charge is -2.44. The first-order valence-electron chi connectivity index (χ1n) is 18.9. The maximum Gasteiger partial charge on any atom is 0.269 e. The van der Waals surface area contributed by atoms with Crippen LogP contribution in [0.1, 0.15) is 79.1 Å². The van der Waals surface area contributed by atoms with Crippen molar-refractivity contribution in [3.05, 3.63) is 145 Å². The Morgan fingerprint density at radius 3 is 2.15 bits per heavy atom. The molecule has 1 aliphatic rings. The van der Waals surface area contributed by atoms with Crippen LogP contribution in [0.5, 0.6) is 11.5 Å². The molecule has 6 nitrogen and oxygen atoms in total. The third kappa shape index (κ3) is 4.88. The van der Waals surface area contributed by atoms with Crippen LogP contribution >= 0.6 is 0 Å². The number of aromatic nitrogens is 5. The third-order valence-electron chi connectivity index (χ3n) is 12.9. The predicted molar refractivity (Wildman–Crippen MR) is 219 cm³/mol. The van der Waals surface area contributed by atoms with Crippen LogP contribution in [-0.2, 0) is 16.2 Å². The Labute approximate surface area is 317 Å². The predicted octanol–water partition coefficient (Wildman–Crippen LogP) is 11.3. The molecule has 0 amide bonds. The van der Waals surface area contributed by atoms with Crippen LogP contribution in [0.2, 0.25) is 0 Å². The Hall–Kier alpha value is -5.75. The molecule has 6 heteroatoms. The van der Waals surface area contributed by atoms with Gasteiger partial charge in [-0.25, -0.2) is 4.98 Å². The molecule has 0 spiro atoms. The summed E-state index contributed by atoms with van der Waals surface area (Å²) in [6.07, 6.45) is 7.63. The Balaban J connectivity index is 1.14. The molecule has 0 N–H and O–H groups in total. The number of para-hydroxylation sites is 3. The van der Waals surface area contributed by atoms with Crippen molar-refractivity contribution < 1.29 is 9.30 Å². The molecule has 0 saturated heterocycles. The highest BCUT2D eigenvalue weighted by molar-refractivity contribution is 6.09. The molecule has 4 aromatic heterocycles. The van der Waals surface area contributed by atoms with Gasteiger partial charge in [0.1, 0.15) is 17.3 Å². The molecule has 4 aromatic carbocycles. The van der Waals surface area contributed by atoms with Crippen molar-refractivity contribution in [3.8, 4) is 28.7 Å². The van der Waals surface area contributed by atoms with Crippen LogP contribution in [-0.4, -0.2) is 19.1 Å². The largest absolute Gasteiger partial charge is 0.458 e. The third-order valence-corrected chi connectivity index (χ3v) is 12.9. The van der Waals surface area contributed by atoms with Crippen molar-refractivity contribution in [2.24, 2.45) is 5.41 Å². The molecule has 0 radical (unpaired) electrons. The van der Waals surface area contributed by atoms with Crippen LogP contribution in [0.4, 0.5) is 0 Å². The zero-order valence-corrected chi connectivity index (χ0v) is 32.7. The van der Waals surface area contributed by atoms with Gasteiger partial charge in [0.2, 0.25) is 0 Å². The second kappa shape index (κ2) is 11.6. The fourth-order valence-corrected chi connectivity index (χ4v) is 8.64. The number of nitrogens with zero attached hydrogens (tertiary/aromatic N) is 5. The van der Waals surface area contributed by atoms with Crippen LogP contribution in [0, 0.1) is 11.7 Å². The highest BCUT2D eigenvalue weighted by Crippen LogP contribution is 2.61. The number of pyridine rings is 2. The van der Waals surface area contributed by atoms with Gasteiger partial charge < -0.3 is 4.74 Å². The molecule has 270 valence electrons. The van der Waals surface area contributed by atoms with Crippen molar-refractivity contribution in [3.63, 3.8) is 0 Å². The minimum absolute atomic E-state index is 0.000234. The van der Waals surface area contributed by atoms with Gasteiger partial charge in [-0.2, -0.15) is 0 Å². The molecular weight excluding hydrogens is 663 g/mol. The van der Waals surface area contributed by atoms with Gasteiger partial charge in [0.25, 0.3) is 6.33 Å². The molecule has 0 atom stereocenters. The van der Waals surface area contributed by atoms with Gasteiger partial charge in [-0.3, -0.25) is 18.7 Å². The molecular formula is C48H47N5O. The zero-order chi connectivity index (χ0) is 37.8. The maximum atomic E-state index is 6.67. The lowest BCUT2D eigenvalue weighted by atomic mass is 9.59. The highest BCUT2D eigenvalue weighted by Gasteiger charge is 2.58. The summed E-state index contributed by atoms with van der Waals surface area (Å²) in [6.45, 7) is 20.8. The van der Waals surface area contributed by atoms with E-state index in [1.165, 1.54) is 16.5 Å². The van der Waals surface area contributed by atoms with E-state index in [0.717, 1.165) is 61.8 Å². The van der Waals surface area contributed by atoms with Crippen LogP contribution < -0.4 is 9.30 Å². The standard InChI is InChI=1S/C48H47N5O/c1-45(2,3)31-23-25-49-42(27-31)53-37-18-11-10-17-35(37)36-22-21-34(29-41(36)53)54-33-16-14-15-32(28-33)51-30-52(39-20-13-12-19-38(39)51)40-24-26-50-44-43(40)46(4,5)48(8,9)47(44,6)7/h10-29H,1-9H3. The Bertz CT molecular complexity index is 2770. The average molecular weight is 710 g/mol. The molecule has 0 saturated carbocycles. The second-order valence-corrected chi connectivity index (χ2v) is 17.5. The summed E-state index contributed by atoms with van der Waals surface area (Å²) in [5.74, 6) is 2.40. The van der Waals surface area contributed by atoms with Crippen molar-refractivity contribution in [2.75, 3.05) is 0 Å². The number of rotatable bonds is 5. The van der Waals surface area contributed by atoms with Gasteiger partial charge in [-0.05, 0) is 82.0 Å². The zero-order valence-electron chi connectivity index (χ0n) is 32.7. The van der Waals surface area contributed by atoms with E-state index in [9.17, 15) is 0 Å². The van der Waals surface area contributed by atoms with E-state index in [-0.39, 0.29) is 21.7 Å².